The van der Waals surface area contributed by atoms with Crippen molar-refractivity contribution in [3.05, 3.63) is 101 Å². The molecule has 0 radical (unpaired) electrons. The molecule has 4 aromatic rings. The summed E-state index contributed by atoms with van der Waals surface area (Å²) in [5.74, 6) is -2.74. The van der Waals surface area contributed by atoms with Crippen molar-refractivity contribution in [3.63, 3.8) is 0 Å². The van der Waals surface area contributed by atoms with Crippen LogP contribution in [0, 0.1) is 5.82 Å². The number of nitrogens with zero attached hydrogens (tertiary/aromatic N) is 2. The molecule has 5 rings (SSSR count). The van der Waals surface area contributed by atoms with Gasteiger partial charge in [-0.05, 0) is 55.8 Å². The molecule has 9 nitrogen and oxygen atoms in total. The van der Waals surface area contributed by atoms with Gasteiger partial charge < -0.3 is 21.1 Å². The molecule has 0 saturated carbocycles. The maximum Gasteiger partial charge on any atom is 0.251 e. The van der Waals surface area contributed by atoms with E-state index >= 15 is 4.39 Å². The topological polar surface area (TPSA) is 133 Å². The number of hydrogen-bond acceptors (Lipinski definition) is 7. The number of hydrogen-bond donors (Lipinski definition) is 4. The summed E-state index contributed by atoms with van der Waals surface area (Å²) in [5, 5.41) is 20.0. The van der Waals surface area contributed by atoms with Crippen LogP contribution in [0.5, 0.6) is 5.75 Å². The molecule has 2 amide bonds. The average molecular weight is 528 g/mol. The van der Waals surface area contributed by atoms with Gasteiger partial charge in [0.2, 0.25) is 0 Å². The molecule has 10 heteroatoms. The van der Waals surface area contributed by atoms with Crippen molar-refractivity contribution in [2.75, 3.05) is 13.1 Å². The van der Waals surface area contributed by atoms with Crippen molar-refractivity contribution in [3.8, 4) is 5.75 Å². The van der Waals surface area contributed by atoms with E-state index in [-0.39, 0.29) is 35.0 Å². The van der Waals surface area contributed by atoms with E-state index in [0.29, 0.717) is 29.5 Å². The van der Waals surface area contributed by atoms with Crippen LogP contribution < -0.4 is 16.0 Å². The minimum atomic E-state index is -0.903. The number of halogens is 1. The average Bonchev–Trinajstić information content (AvgIpc) is 3.18. The van der Waals surface area contributed by atoms with Crippen molar-refractivity contribution in [1.29, 1.82) is 0 Å². The van der Waals surface area contributed by atoms with Crippen molar-refractivity contribution in [2.45, 2.75) is 24.9 Å². The number of phenolic OH excluding ortho intramolecular Hbond substituents is 1. The van der Waals surface area contributed by atoms with Crippen LogP contribution in [0.3, 0.4) is 0 Å². The lowest BCUT2D eigenvalue weighted by atomic mass is 9.98. The number of nitrogens with one attached hydrogen (secondary N) is 3. The molecule has 0 aliphatic carbocycles. The Morgan fingerprint density at radius 1 is 0.897 bits per heavy atom. The van der Waals surface area contributed by atoms with Crippen LogP contribution in [0.15, 0.2) is 73.2 Å². The summed E-state index contributed by atoms with van der Waals surface area (Å²) in [4.78, 5) is 46.7. The zero-order valence-corrected chi connectivity index (χ0v) is 20.9. The van der Waals surface area contributed by atoms with Gasteiger partial charge in [-0.3, -0.25) is 24.4 Å². The summed E-state index contributed by atoms with van der Waals surface area (Å²) < 4.78 is 15.1. The smallest absolute Gasteiger partial charge is 0.251 e. The van der Waals surface area contributed by atoms with Gasteiger partial charge in [0.05, 0.1) is 12.1 Å². The molecule has 0 unspecified atom stereocenters. The Kier molecular flexibility index (Phi) is 7.55. The Bertz CT molecular complexity index is 1530. The van der Waals surface area contributed by atoms with E-state index < -0.39 is 22.9 Å². The van der Waals surface area contributed by atoms with Gasteiger partial charge >= 0.3 is 0 Å². The Labute approximate surface area is 223 Å². The number of phenols is 1. The Balaban J connectivity index is 1.30. The molecule has 0 bridgehead atoms. The maximum atomic E-state index is 15.1. The summed E-state index contributed by atoms with van der Waals surface area (Å²) in [5.41, 5.74) is 0.393. The van der Waals surface area contributed by atoms with E-state index in [1.54, 1.807) is 36.7 Å². The van der Waals surface area contributed by atoms with Crippen LogP contribution in [0.4, 0.5) is 4.39 Å². The molecule has 3 heterocycles. The fraction of sp³-hybridized carbons (Fsp3) is 0.207. The van der Waals surface area contributed by atoms with Crippen molar-refractivity contribution < 1.29 is 23.9 Å². The molecule has 2 aromatic carbocycles. The normalized spacial score (nSPS) is 17.3. The van der Waals surface area contributed by atoms with E-state index in [4.69, 9.17) is 0 Å². The summed E-state index contributed by atoms with van der Waals surface area (Å²) in [6.07, 6.45) is 5.96. The number of aromatic hydroxyl groups is 1. The molecule has 1 saturated heterocycles. The van der Waals surface area contributed by atoms with Crippen LogP contribution in [0.25, 0.3) is 10.9 Å². The standard InChI is InChI=1S/C29H26FN5O4/c30-25-24(23(36)15-20-3-1-12-33-26(20)25)27(37)17-5-7-18(8-6-17)28(38)34-21-4-2-11-32-16-22(21)35-29(39)19-9-13-31-14-10-19/h1,3,5-10,12-15,21-22,32,36H,2,4,11,16H2,(H,34,38)(H,35,39)/t21-,22-/m1/s1. The van der Waals surface area contributed by atoms with Gasteiger partial charge in [0.15, 0.2) is 11.6 Å². The van der Waals surface area contributed by atoms with Crippen molar-refractivity contribution >= 4 is 28.5 Å². The monoisotopic (exact) mass is 527 g/mol. The zero-order valence-electron chi connectivity index (χ0n) is 20.9. The number of rotatable bonds is 6. The third kappa shape index (κ3) is 5.60. The van der Waals surface area contributed by atoms with Crippen LogP contribution in [0.1, 0.15) is 49.5 Å². The molecule has 1 aliphatic heterocycles. The van der Waals surface area contributed by atoms with Gasteiger partial charge in [0, 0.05) is 47.2 Å². The number of pyridine rings is 2. The van der Waals surface area contributed by atoms with Crippen LogP contribution in [-0.4, -0.2) is 57.8 Å². The largest absolute Gasteiger partial charge is 0.507 e. The highest BCUT2D eigenvalue weighted by atomic mass is 19.1. The minimum Gasteiger partial charge on any atom is -0.507 e. The molecular weight excluding hydrogens is 501 g/mol. The highest BCUT2D eigenvalue weighted by Gasteiger charge is 2.28. The summed E-state index contributed by atoms with van der Waals surface area (Å²) in [6.45, 7) is 1.25. The van der Waals surface area contributed by atoms with Gasteiger partial charge in [-0.1, -0.05) is 18.2 Å². The Morgan fingerprint density at radius 2 is 1.56 bits per heavy atom. The molecule has 198 valence electrons. The second-order valence-electron chi connectivity index (χ2n) is 9.31. The number of benzene rings is 2. The lowest BCUT2D eigenvalue weighted by Gasteiger charge is -2.27. The molecule has 2 aromatic heterocycles. The minimum absolute atomic E-state index is 0.0156. The van der Waals surface area contributed by atoms with Gasteiger partial charge in [-0.2, -0.15) is 0 Å². The second kappa shape index (κ2) is 11.4. The third-order valence-corrected chi connectivity index (χ3v) is 6.75. The number of fused-ring (bicyclic) bond motifs is 1. The lowest BCUT2D eigenvalue weighted by Crippen LogP contribution is -2.54. The number of carbonyl (C=O) groups is 3. The quantitative estimate of drug-likeness (QED) is 0.283. The Morgan fingerprint density at radius 3 is 2.31 bits per heavy atom. The summed E-state index contributed by atoms with van der Waals surface area (Å²) >= 11 is 0. The highest BCUT2D eigenvalue weighted by molar-refractivity contribution is 6.13. The van der Waals surface area contributed by atoms with Gasteiger partial charge in [0.25, 0.3) is 11.8 Å². The molecule has 2 atom stereocenters. The summed E-state index contributed by atoms with van der Waals surface area (Å²) in [6, 6.07) is 12.8. The highest BCUT2D eigenvalue weighted by Crippen LogP contribution is 2.30. The lowest BCUT2D eigenvalue weighted by molar-refractivity contribution is 0.0882. The second-order valence-corrected chi connectivity index (χ2v) is 9.31. The fourth-order valence-electron chi connectivity index (χ4n) is 4.68. The van der Waals surface area contributed by atoms with E-state index in [2.05, 4.69) is 25.9 Å². The number of carbonyl (C=O) groups excluding carboxylic acids is 3. The first-order valence-corrected chi connectivity index (χ1v) is 12.6. The van der Waals surface area contributed by atoms with E-state index in [0.717, 1.165) is 13.0 Å². The van der Waals surface area contributed by atoms with Gasteiger partial charge in [-0.15, -0.1) is 0 Å². The molecule has 39 heavy (non-hydrogen) atoms. The first kappa shape index (κ1) is 25.9. The fourth-order valence-corrected chi connectivity index (χ4v) is 4.68. The first-order valence-electron chi connectivity index (χ1n) is 12.6. The molecule has 1 aliphatic rings. The Hall–Kier alpha value is -4.70. The van der Waals surface area contributed by atoms with E-state index in [1.807, 2.05) is 0 Å². The molecule has 1 fully saturated rings. The van der Waals surface area contributed by atoms with Crippen LogP contribution in [-0.2, 0) is 0 Å². The molecule has 4 N–H and O–H groups in total. The van der Waals surface area contributed by atoms with Crippen LogP contribution in [0.2, 0.25) is 0 Å². The van der Waals surface area contributed by atoms with E-state index in [1.165, 1.54) is 36.5 Å². The first-order chi connectivity index (χ1) is 18.9. The number of amides is 2. The molecule has 0 spiro atoms. The maximum absolute atomic E-state index is 15.1. The van der Waals surface area contributed by atoms with Crippen LogP contribution >= 0.6 is 0 Å². The summed E-state index contributed by atoms with van der Waals surface area (Å²) in [7, 11) is 0. The van der Waals surface area contributed by atoms with Gasteiger partial charge in [0.1, 0.15) is 16.8 Å². The van der Waals surface area contributed by atoms with Crippen molar-refractivity contribution in [1.82, 2.24) is 25.9 Å². The predicted octanol–water partition coefficient (Wildman–Crippen LogP) is 2.99. The number of aromatic nitrogens is 2. The molecular formula is C29H26FN5O4. The number of ketones is 1. The predicted molar refractivity (Wildman–Crippen MR) is 142 cm³/mol. The van der Waals surface area contributed by atoms with E-state index in [9.17, 15) is 19.5 Å². The SMILES string of the molecule is O=C(N[C@@H]1CCCNC[C@H]1NC(=O)c1ccncc1)c1ccc(C(=O)c2c(O)cc3cccnc3c2F)cc1. The third-order valence-electron chi connectivity index (χ3n) is 6.75. The van der Waals surface area contributed by atoms with Crippen molar-refractivity contribution in [2.24, 2.45) is 0 Å². The zero-order chi connectivity index (χ0) is 27.4. The van der Waals surface area contributed by atoms with Gasteiger partial charge in [-0.25, -0.2) is 4.39 Å².